The average Bonchev–Trinajstić information content (AvgIpc) is 2.84. The lowest BCUT2D eigenvalue weighted by Crippen LogP contribution is -2.30. The molecule has 0 saturated carbocycles. The fraction of sp³-hybridized carbons (Fsp3) is 0.158. The minimum atomic E-state index is -0.173. The molecule has 2 aromatic carbocycles. The van der Waals surface area contributed by atoms with Crippen LogP contribution in [0.1, 0.15) is 16.7 Å². The Morgan fingerprint density at radius 3 is 2.67 bits per heavy atom. The zero-order valence-corrected chi connectivity index (χ0v) is 14.6. The maximum Gasteiger partial charge on any atom is 0.281 e. The summed E-state index contributed by atoms with van der Waals surface area (Å²) in [4.78, 5) is 14.2. The van der Waals surface area contributed by atoms with Gasteiger partial charge in [-0.05, 0) is 55.4 Å². The second-order valence-corrected chi connectivity index (χ2v) is 6.08. The minimum absolute atomic E-state index is 0.173. The van der Waals surface area contributed by atoms with Gasteiger partial charge in [-0.25, -0.2) is 0 Å². The summed E-state index contributed by atoms with van der Waals surface area (Å²) in [5.74, 6) is 0.503. The van der Waals surface area contributed by atoms with Gasteiger partial charge < -0.3 is 10.1 Å². The number of amides is 1. The number of rotatable bonds is 3. The van der Waals surface area contributed by atoms with Crippen LogP contribution in [0.4, 0.5) is 5.69 Å². The highest BCUT2D eigenvalue weighted by Crippen LogP contribution is 2.26. The van der Waals surface area contributed by atoms with Crippen LogP contribution >= 0.6 is 12.2 Å². The van der Waals surface area contributed by atoms with Gasteiger partial charge in [0.15, 0.2) is 5.11 Å². The molecule has 1 heterocycles. The van der Waals surface area contributed by atoms with Crippen molar-refractivity contribution in [3.8, 4) is 5.75 Å². The smallest absolute Gasteiger partial charge is 0.281 e. The van der Waals surface area contributed by atoms with Crippen LogP contribution < -0.4 is 15.0 Å². The number of nitrogens with zero attached hydrogens (tertiary/aromatic N) is 1. The average molecular weight is 338 g/mol. The Balaban J connectivity index is 1.95. The van der Waals surface area contributed by atoms with Crippen LogP contribution in [0, 0.1) is 13.8 Å². The van der Waals surface area contributed by atoms with Crippen LogP contribution in [-0.4, -0.2) is 18.1 Å². The molecule has 0 spiro atoms. The molecule has 122 valence electrons. The maximum atomic E-state index is 12.8. The van der Waals surface area contributed by atoms with Crippen molar-refractivity contribution < 1.29 is 9.53 Å². The predicted molar refractivity (Wildman–Crippen MR) is 100 cm³/mol. The summed E-state index contributed by atoms with van der Waals surface area (Å²) in [6, 6.07) is 13.4. The monoisotopic (exact) mass is 338 g/mol. The number of thiocarbonyl (C=S) groups is 1. The van der Waals surface area contributed by atoms with Crippen molar-refractivity contribution in [2.24, 2.45) is 0 Å². The summed E-state index contributed by atoms with van der Waals surface area (Å²) in [6.07, 6.45) is 1.84. The van der Waals surface area contributed by atoms with E-state index in [1.165, 1.54) is 10.5 Å². The Hall–Kier alpha value is -2.66. The fourth-order valence-electron chi connectivity index (χ4n) is 2.66. The zero-order valence-electron chi connectivity index (χ0n) is 13.8. The largest absolute Gasteiger partial charge is 0.497 e. The molecule has 0 unspecified atom stereocenters. The van der Waals surface area contributed by atoms with Crippen LogP contribution in [0.5, 0.6) is 5.75 Å². The summed E-state index contributed by atoms with van der Waals surface area (Å²) in [5, 5.41) is 3.37. The number of benzene rings is 2. The lowest BCUT2D eigenvalue weighted by Gasteiger charge is -2.14. The Labute approximate surface area is 146 Å². The van der Waals surface area contributed by atoms with Crippen molar-refractivity contribution in [1.82, 2.24) is 5.32 Å². The zero-order chi connectivity index (χ0) is 17.3. The van der Waals surface area contributed by atoms with E-state index in [0.717, 1.165) is 11.1 Å². The van der Waals surface area contributed by atoms with Gasteiger partial charge in [0.2, 0.25) is 0 Å². The van der Waals surface area contributed by atoms with E-state index < -0.39 is 0 Å². The third-order valence-electron chi connectivity index (χ3n) is 3.91. The van der Waals surface area contributed by atoms with E-state index in [1.807, 2.05) is 50.3 Å². The topological polar surface area (TPSA) is 41.6 Å². The first-order valence-corrected chi connectivity index (χ1v) is 7.99. The van der Waals surface area contributed by atoms with Crippen molar-refractivity contribution in [2.75, 3.05) is 12.0 Å². The van der Waals surface area contributed by atoms with E-state index in [2.05, 4.69) is 11.4 Å². The Morgan fingerprint density at radius 1 is 1.17 bits per heavy atom. The van der Waals surface area contributed by atoms with Crippen molar-refractivity contribution in [3.05, 3.63) is 64.9 Å². The van der Waals surface area contributed by atoms with Crippen LogP contribution in [0.15, 0.2) is 48.2 Å². The van der Waals surface area contributed by atoms with Crippen molar-refractivity contribution in [1.29, 1.82) is 0 Å². The molecule has 24 heavy (non-hydrogen) atoms. The van der Waals surface area contributed by atoms with Gasteiger partial charge in [-0.1, -0.05) is 29.8 Å². The number of aryl methyl sites for hydroxylation is 2. The van der Waals surface area contributed by atoms with E-state index in [9.17, 15) is 4.79 Å². The first-order chi connectivity index (χ1) is 11.5. The Morgan fingerprint density at radius 2 is 1.96 bits per heavy atom. The summed E-state index contributed by atoms with van der Waals surface area (Å²) in [6.45, 7) is 4.07. The molecule has 1 amide bonds. The van der Waals surface area contributed by atoms with Gasteiger partial charge in [-0.15, -0.1) is 0 Å². The molecule has 0 aliphatic carbocycles. The molecule has 1 fully saturated rings. The highest BCUT2D eigenvalue weighted by Gasteiger charge is 2.32. The first-order valence-electron chi connectivity index (χ1n) is 7.58. The molecule has 4 nitrogen and oxygen atoms in total. The van der Waals surface area contributed by atoms with E-state index in [1.54, 1.807) is 13.2 Å². The summed E-state index contributed by atoms with van der Waals surface area (Å²) in [5.41, 5.74) is 4.44. The number of hydrogen-bond donors (Lipinski definition) is 1. The highest BCUT2D eigenvalue weighted by molar-refractivity contribution is 7.80. The van der Waals surface area contributed by atoms with Gasteiger partial charge in [0.1, 0.15) is 11.4 Å². The molecular formula is C19H18N2O2S. The summed E-state index contributed by atoms with van der Waals surface area (Å²) < 4.78 is 5.22. The molecule has 0 atom stereocenters. The number of methoxy groups -OCH3 is 1. The highest BCUT2D eigenvalue weighted by atomic mass is 32.1. The summed E-state index contributed by atoms with van der Waals surface area (Å²) in [7, 11) is 1.59. The maximum absolute atomic E-state index is 12.8. The fourth-order valence-corrected chi connectivity index (χ4v) is 2.96. The van der Waals surface area contributed by atoms with Crippen LogP contribution in [0.3, 0.4) is 0 Å². The molecule has 3 rings (SSSR count). The molecule has 1 saturated heterocycles. The van der Waals surface area contributed by atoms with Gasteiger partial charge in [-0.2, -0.15) is 0 Å². The van der Waals surface area contributed by atoms with Crippen molar-refractivity contribution >= 4 is 35.0 Å². The van der Waals surface area contributed by atoms with Crippen molar-refractivity contribution in [3.63, 3.8) is 0 Å². The van der Waals surface area contributed by atoms with Gasteiger partial charge in [0, 0.05) is 6.07 Å². The molecule has 0 radical (unpaired) electrons. The van der Waals surface area contributed by atoms with Gasteiger partial charge in [-0.3, -0.25) is 9.69 Å². The lowest BCUT2D eigenvalue weighted by molar-refractivity contribution is -0.113. The Bertz CT molecular complexity index is 858. The molecule has 0 bridgehead atoms. The van der Waals surface area contributed by atoms with E-state index in [4.69, 9.17) is 17.0 Å². The number of hydrogen-bond acceptors (Lipinski definition) is 3. The molecule has 1 aliphatic rings. The molecule has 2 aromatic rings. The molecular weight excluding hydrogens is 320 g/mol. The third kappa shape index (κ3) is 3.03. The quantitative estimate of drug-likeness (QED) is 0.686. The second kappa shape index (κ2) is 6.45. The van der Waals surface area contributed by atoms with E-state index >= 15 is 0 Å². The first kappa shape index (κ1) is 16.2. The number of carbonyl (C=O) groups excluding carboxylic acids is 1. The van der Waals surface area contributed by atoms with Crippen LogP contribution in [0.2, 0.25) is 0 Å². The van der Waals surface area contributed by atoms with Crippen LogP contribution in [0.25, 0.3) is 6.08 Å². The van der Waals surface area contributed by atoms with Gasteiger partial charge in [0.05, 0.1) is 12.8 Å². The molecule has 5 heteroatoms. The Kier molecular flexibility index (Phi) is 4.36. The molecule has 1 N–H and O–H groups in total. The number of nitrogens with one attached hydrogen (secondary N) is 1. The standard InChI is InChI=1S/C19H18N2O2S/c1-12-7-8-14(13(2)9-12)10-17-18(22)21(19(24)20-17)15-5-4-6-16(11-15)23-3/h4-11H,1-3H3,(H,20,24). The number of anilines is 1. The SMILES string of the molecule is COc1cccc(N2C(=O)C(=Cc3ccc(C)cc3C)NC2=S)c1. The molecule has 1 aliphatic heterocycles. The number of carbonyl (C=O) groups is 1. The van der Waals surface area contributed by atoms with E-state index in [-0.39, 0.29) is 5.91 Å². The normalized spacial score (nSPS) is 15.8. The van der Waals surface area contributed by atoms with Gasteiger partial charge in [0.25, 0.3) is 5.91 Å². The van der Waals surface area contributed by atoms with E-state index in [0.29, 0.717) is 22.2 Å². The minimum Gasteiger partial charge on any atom is -0.497 e. The second-order valence-electron chi connectivity index (χ2n) is 5.69. The number of ether oxygens (including phenoxy) is 1. The van der Waals surface area contributed by atoms with Crippen molar-refractivity contribution in [2.45, 2.75) is 13.8 Å². The third-order valence-corrected chi connectivity index (χ3v) is 4.20. The molecule has 0 aromatic heterocycles. The van der Waals surface area contributed by atoms with Crippen LogP contribution in [-0.2, 0) is 4.79 Å². The predicted octanol–water partition coefficient (Wildman–Crippen LogP) is 3.57. The lowest BCUT2D eigenvalue weighted by atomic mass is 10.0. The summed E-state index contributed by atoms with van der Waals surface area (Å²) >= 11 is 5.34. The van der Waals surface area contributed by atoms with Gasteiger partial charge >= 0.3 is 0 Å².